The first-order chi connectivity index (χ1) is 6.40. The van der Waals surface area contributed by atoms with E-state index in [1.54, 1.807) is 0 Å². The second-order valence-corrected chi connectivity index (χ2v) is 4.68. The predicted octanol–water partition coefficient (Wildman–Crippen LogP) is 0.969. The van der Waals surface area contributed by atoms with E-state index >= 15 is 0 Å². The van der Waals surface area contributed by atoms with Gasteiger partial charge < -0.3 is 10.3 Å². The summed E-state index contributed by atoms with van der Waals surface area (Å²) in [5.41, 5.74) is 1.31. The highest BCUT2D eigenvalue weighted by Gasteiger charge is 2.10. The van der Waals surface area contributed by atoms with E-state index in [4.69, 9.17) is 0 Å². The molecule has 1 N–H and O–H groups in total. The molecule has 1 rings (SSSR count). The molecule has 0 unspecified atom stereocenters. The number of nitrogens with zero attached hydrogens (tertiary/aromatic N) is 3. The second kappa shape index (κ2) is 4.00. The van der Waals surface area contributed by atoms with Gasteiger partial charge in [0.25, 0.3) is 0 Å². The van der Waals surface area contributed by atoms with Crippen LogP contribution >= 0.6 is 0 Å². The van der Waals surface area contributed by atoms with Crippen LogP contribution < -0.4 is 10.3 Å². The number of imidazole rings is 1. The fourth-order valence-electron chi connectivity index (χ4n) is 1.16. The first-order valence-electron chi connectivity index (χ1n) is 4.84. The van der Waals surface area contributed by atoms with Crippen molar-refractivity contribution in [3.8, 4) is 0 Å². The van der Waals surface area contributed by atoms with Crippen molar-refractivity contribution in [1.82, 2.24) is 15.0 Å². The van der Waals surface area contributed by atoms with Crippen LogP contribution in [0.2, 0.25) is 0 Å². The van der Waals surface area contributed by atoms with Gasteiger partial charge in [0.15, 0.2) is 0 Å². The summed E-state index contributed by atoms with van der Waals surface area (Å²) in [6.07, 6.45) is 3.71. The normalized spacial score (nSPS) is 11.8. The molecule has 0 fully saturated rings. The standard InChI is InChI=1S/C10H20N4/c1-10(2,3)12-7-9-6-11-8-14(9)13(4)5/h6,8,12H,7H2,1-5H3. The van der Waals surface area contributed by atoms with E-state index in [1.807, 2.05) is 36.3 Å². The van der Waals surface area contributed by atoms with Gasteiger partial charge in [-0.25, -0.2) is 9.66 Å². The third-order valence-corrected chi connectivity index (χ3v) is 1.92. The first kappa shape index (κ1) is 11.0. The summed E-state index contributed by atoms with van der Waals surface area (Å²) >= 11 is 0. The number of aromatic nitrogens is 2. The van der Waals surface area contributed by atoms with E-state index < -0.39 is 0 Å². The zero-order chi connectivity index (χ0) is 10.8. The van der Waals surface area contributed by atoms with Gasteiger partial charge in [-0.15, -0.1) is 0 Å². The molecule has 0 saturated carbocycles. The molecule has 0 atom stereocenters. The first-order valence-corrected chi connectivity index (χ1v) is 4.84. The number of nitrogens with one attached hydrogen (secondary N) is 1. The summed E-state index contributed by atoms with van der Waals surface area (Å²) in [6.45, 7) is 7.30. The van der Waals surface area contributed by atoms with E-state index in [0.29, 0.717) is 0 Å². The Labute approximate surface area is 85.9 Å². The molecule has 0 saturated heterocycles. The lowest BCUT2D eigenvalue weighted by atomic mass is 10.1. The van der Waals surface area contributed by atoms with Crippen LogP contribution in [0.3, 0.4) is 0 Å². The Morgan fingerprint density at radius 1 is 1.43 bits per heavy atom. The lowest BCUT2D eigenvalue weighted by Crippen LogP contribution is -2.37. The van der Waals surface area contributed by atoms with Crippen LogP contribution in [-0.4, -0.2) is 29.3 Å². The Morgan fingerprint density at radius 2 is 2.07 bits per heavy atom. The van der Waals surface area contributed by atoms with E-state index in [-0.39, 0.29) is 5.54 Å². The summed E-state index contributed by atoms with van der Waals surface area (Å²) in [5.74, 6) is 0. The van der Waals surface area contributed by atoms with Crippen LogP contribution in [-0.2, 0) is 6.54 Å². The SMILES string of the molecule is CN(C)n1cncc1CNC(C)(C)C. The third kappa shape index (κ3) is 3.03. The minimum Gasteiger partial charge on any atom is -0.318 e. The number of hydrogen-bond donors (Lipinski definition) is 1. The minimum atomic E-state index is 0.140. The molecule has 0 aliphatic carbocycles. The molecule has 0 radical (unpaired) electrons. The van der Waals surface area contributed by atoms with Crippen molar-refractivity contribution in [2.24, 2.45) is 0 Å². The predicted molar refractivity (Wildman–Crippen MR) is 58.9 cm³/mol. The molecular formula is C10H20N4. The van der Waals surface area contributed by atoms with Crippen LogP contribution in [0.5, 0.6) is 0 Å². The summed E-state index contributed by atoms with van der Waals surface area (Å²) < 4.78 is 2.03. The largest absolute Gasteiger partial charge is 0.318 e. The van der Waals surface area contributed by atoms with E-state index in [1.165, 1.54) is 5.69 Å². The molecule has 0 spiro atoms. The summed E-state index contributed by atoms with van der Waals surface area (Å²) in [7, 11) is 4.00. The van der Waals surface area contributed by atoms with Crippen LogP contribution in [0.1, 0.15) is 26.5 Å². The Kier molecular flexibility index (Phi) is 3.16. The van der Waals surface area contributed by atoms with E-state index in [0.717, 1.165) is 6.54 Å². The molecule has 80 valence electrons. The molecule has 0 bridgehead atoms. The molecule has 1 aromatic rings. The smallest absolute Gasteiger partial charge is 0.114 e. The van der Waals surface area contributed by atoms with Crippen molar-refractivity contribution in [1.29, 1.82) is 0 Å². The van der Waals surface area contributed by atoms with E-state index in [9.17, 15) is 0 Å². The Balaban J connectivity index is 2.63. The lowest BCUT2D eigenvalue weighted by molar-refractivity contribution is 0.416. The highest BCUT2D eigenvalue weighted by molar-refractivity contribution is 5.02. The van der Waals surface area contributed by atoms with Gasteiger partial charge in [0.2, 0.25) is 0 Å². The molecule has 0 aliphatic heterocycles. The van der Waals surface area contributed by atoms with E-state index in [2.05, 4.69) is 31.1 Å². The van der Waals surface area contributed by atoms with Crippen molar-refractivity contribution in [3.63, 3.8) is 0 Å². The zero-order valence-electron chi connectivity index (χ0n) is 9.70. The molecule has 4 nitrogen and oxygen atoms in total. The topological polar surface area (TPSA) is 33.1 Å². The second-order valence-electron chi connectivity index (χ2n) is 4.68. The van der Waals surface area contributed by atoms with Gasteiger partial charge in [-0.3, -0.25) is 0 Å². The molecule has 0 amide bonds. The molecular weight excluding hydrogens is 176 g/mol. The summed E-state index contributed by atoms with van der Waals surface area (Å²) in [5, 5.41) is 5.44. The summed E-state index contributed by atoms with van der Waals surface area (Å²) in [4.78, 5) is 4.13. The average Bonchev–Trinajstić information content (AvgIpc) is 2.46. The average molecular weight is 196 g/mol. The maximum Gasteiger partial charge on any atom is 0.114 e. The van der Waals surface area contributed by atoms with Gasteiger partial charge in [0, 0.05) is 26.2 Å². The molecule has 0 aliphatic rings. The number of hydrogen-bond acceptors (Lipinski definition) is 3. The monoisotopic (exact) mass is 196 g/mol. The number of rotatable bonds is 3. The fraction of sp³-hybridized carbons (Fsp3) is 0.700. The van der Waals surface area contributed by atoms with Gasteiger partial charge in [0.05, 0.1) is 11.9 Å². The summed E-state index contributed by atoms with van der Waals surface area (Å²) in [6, 6.07) is 0. The lowest BCUT2D eigenvalue weighted by Gasteiger charge is -2.22. The maximum absolute atomic E-state index is 4.13. The van der Waals surface area contributed by atoms with Crippen molar-refractivity contribution < 1.29 is 0 Å². The van der Waals surface area contributed by atoms with Crippen molar-refractivity contribution in [2.45, 2.75) is 32.9 Å². The highest BCUT2D eigenvalue weighted by Crippen LogP contribution is 2.03. The quantitative estimate of drug-likeness (QED) is 0.782. The molecule has 4 heteroatoms. The van der Waals surface area contributed by atoms with Gasteiger partial charge in [-0.05, 0) is 20.8 Å². The molecule has 0 aromatic carbocycles. The van der Waals surface area contributed by atoms with Crippen molar-refractivity contribution >= 4 is 0 Å². The van der Waals surface area contributed by atoms with Gasteiger partial charge in [0.1, 0.15) is 6.33 Å². The Morgan fingerprint density at radius 3 is 2.57 bits per heavy atom. The molecule has 1 aromatic heterocycles. The fourth-order valence-corrected chi connectivity index (χ4v) is 1.16. The van der Waals surface area contributed by atoms with Crippen LogP contribution in [0.25, 0.3) is 0 Å². The van der Waals surface area contributed by atoms with Crippen molar-refractivity contribution in [2.75, 3.05) is 19.1 Å². The maximum atomic E-state index is 4.13. The molecule has 14 heavy (non-hydrogen) atoms. The molecule has 1 heterocycles. The van der Waals surface area contributed by atoms with Gasteiger partial charge in [-0.1, -0.05) is 0 Å². The van der Waals surface area contributed by atoms with Crippen LogP contribution in [0.4, 0.5) is 0 Å². The van der Waals surface area contributed by atoms with Gasteiger partial charge in [-0.2, -0.15) is 0 Å². The Bertz CT molecular complexity index is 283. The minimum absolute atomic E-state index is 0.140. The van der Waals surface area contributed by atoms with Crippen LogP contribution in [0.15, 0.2) is 12.5 Å². The van der Waals surface area contributed by atoms with Crippen molar-refractivity contribution in [3.05, 3.63) is 18.2 Å². The highest BCUT2D eigenvalue weighted by atomic mass is 15.5. The van der Waals surface area contributed by atoms with Gasteiger partial charge >= 0.3 is 0 Å². The third-order valence-electron chi connectivity index (χ3n) is 1.92. The zero-order valence-corrected chi connectivity index (χ0v) is 9.70. The van der Waals surface area contributed by atoms with Crippen LogP contribution in [0, 0.1) is 0 Å². The Hall–Kier alpha value is -1.03.